The summed E-state index contributed by atoms with van der Waals surface area (Å²) >= 11 is 3.05. The van der Waals surface area contributed by atoms with E-state index in [9.17, 15) is 18.4 Å². The van der Waals surface area contributed by atoms with E-state index >= 15 is 0 Å². The van der Waals surface area contributed by atoms with Crippen LogP contribution in [0.4, 0.5) is 25.0 Å². The van der Waals surface area contributed by atoms with Gasteiger partial charge in [0.15, 0.2) is 0 Å². The summed E-state index contributed by atoms with van der Waals surface area (Å²) in [6, 6.07) is 8.40. The number of piperazine rings is 1. The minimum absolute atomic E-state index is 0.122. The van der Waals surface area contributed by atoms with Crippen molar-refractivity contribution < 1.29 is 23.1 Å². The number of hydrogen-bond donors (Lipinski definition) is 1. The molecule has 1 saturated heterocycles. The number of nitrogens with zero attached hydrogens (tertiary/aromatic N) is 2. The Morgan fingerprint density at radius 1 is 1.00 bits per heavy atom. The van der Waals surface area contributed by atoms with Gasteiger partial charge in [-0.3, -0.25) is 4.79 Å². The molecule has 0 unspecified atom stereocenters. The fourth-order valence-corrected chi connectivity index (χ4v) is 3.38. The monoisotopic (exact) mass is 495 g/mol. The first-order valence-electron chi connectivity index (χ1n) is 9.82. The highest BCUT2D eigenvalue weighted by Crippen LogP contribution is 2.24. The lowest BCUT2D eigenvalue weighted by molar-refractivity contribution is 0.0240. The van der Waals surface area contributed by atoms with E-state index in [0.717, 1.165) is 6.07 Å². The highest BCUT2D eigenvalue weighted by atomic mass is 79.9. The second-order valence-electron chi connectivity index (χ2n) is 8.20. The molecular formula is C22H24BrF2N3O3. The zero-order valence-electron chi connectivity index (χ0n) is 17.5. The zero-order chi connectivity index (χ0) is 22.8. The van der Waals surface area contributed by atoms with Gasteiger partial charge in [0.1, 0.15) is 17.2 Å². The van der Waals surface area contributed by atoms with Gasteiger partial charge < -0.3 is 19.9 Å². The fraction of sp³-hybridized carbons (Fsp3) is 0.364. The second-order valence-corrected chi connectivity index (χ2v) is 9.06. The van der Waals surface area contributed by atoms with Gasteiger partial charge in [0, 0.05) is 37.4 Å². The third kappa shape index (κ3) is 5.94. The SMILES string of the molecule is CC(C)(C)OC(=O)N1CCN(c2ccc(C(=O)Nc3ccc(Br)c(F)c3)cc2F)CC1. The third-order valence-corrected chi connectivity index (χ3v) is 5.30. The molecular weight excluding hydrogens is 472 g/mol. The summed E-state index contributed by atoms with van der Waals surface area (Å²) in [6.07, 6.45) is -0.385. The van der Waals surface area contributed by atoms with Gasteiger partial charge in [0.05, 0.1) is 10.2 Å². The first-order chi connectivity index (χ1) is 14.5. The van der Waals surface area contributed by atoms with E-state index in [1.54, 1.807) is 11.0 Å². The van der Waals surface area contributed by atoms with Crippen molar-refractivity contribution in [2.45, 2.75) is 26.4 Å². The summed E-state index contributed by atoms with van der Waals surface area (Å²) < 4.78 is 34.0. The van der Waals surface area contributed by atoms with Crippen molar-refractivity contribution in [3.63, 3.8) is 0 Å². The van der Waals surface area contributed by atoms with Gasteiger partial charge in [-0.05, 0) is 73.1 Å². The minimum atomic E-state index is -0.571. The molecule has 3 rings (SSSR count). The number of benzene rings is 2. The summed E-state index contributed by atoms with van der Waals surface area (Å²) in [4.78, 5) is 28.0. The van der Waals surface area contributed by atoms with Crippen LogP contribution in [0, 0.1) is 11.6 Å². The largest absolute Gasteiger partial charge is 0.444 e. The van der Waals surface area contributed by atoms with E-state index in [4.69, 9.17) is 4.74 Å². The Balaban J connectivity index is 1.62. The molecule has 166 valence electrons. The molecule has 1 aliphatic rings. The van der Waals surface area contributed by atoms with Gasteiger partial charge in [0.25, 0.3) is 5.91 Å². The summed E-state index contributed by atoms with van der Waals surface area (Å²) in [7, 11) is 0. The Morgan fingerprint density at radius 3 is 2.26 bits per heavy atom. The molecule has 6 nitrogen and oxygen atoms in total. The molecule has 0 aromatic heterocycles. The van der Waals surface area contributed by atoms with Crippen molar-refractivity contribution in [3.8, 4) is 0 Å². The number of ether oxygens (including phenoxy) is 1. The van der Waals surface area contributed by atoms with Crippen LogP contribution in [0.15, 0.2) is 40.9 Å². The number of carbonyl (C=O) groups excluding carboxylic acids is 2. The van der Waals surface area contributed by atoms with E-state index in [2.05, 4.69) is 21.2 Å². The topological polar surface area (TPSA) is 61.9 Å². The van der Waals surface area contributed by atoms with Crippen molar-refractivity contribution in [3.05, 3.63) is 58.1 Å². The Bertz CT molecular complexity index is 986. The Labute approximate surface area is 188 Å². The maximum absolute atomic E-state index is 14.7. The van der Waals surface area contributed by atoms with E-state index in [-0.39, 0.29) is 21.8 Å². The van der Waals surface area contributed by atoms with Gasteiger partial charge in [-0.2, -0.15) is 0 Å². The molecule has 2 aromatic carbocycles. The first kappa shape index (κ1) is 23.0. The number of rotatable bonds is 3. The molecule has 0 atom stereocenters. The van der Waals surface area contributed by atoms with Crippen LogP contribution in [0.5, 0.6) is 0 Å². The summed E-state index contributed by atoms with van der Waals surface area (Å²) in [6.45, 7) is 7.13. The van der Waals surface area contributed by atoms with Gasteiger partial charge >= 0.3 is 6.09 Å². The molecule has 9 heteroatoms. The van der Waals surface area contributed by atoms with Gasteiger partial charge in [0.2, 0.25) is 0 Å². The number of anilines is 2. The predicted octanol–water partition coefficient (Wildman–Crippen LogP) is 5.04. The molecule has 1 fully saturated rings. The fourth-order valence-electron chi connectivity index (χ4n) is 3.14. The van der Waals surface area contributed by atoms with E-state index in [1.165, 1.54) is 24.3 Å². The quantitative estimate of drug-likeness (QED) is 0.647. The van der Waals surface area contributed by atoms with Crippen LogP contribution in [0.1, 0.15) is 31.1 Å². The third-order valence-electron chi connectivity index (χ3n) is 4.66. The van der Waals surface area contributed by atoms with E-state index in [1.807, 2.05) is 25.7 Å². The maximum Gasteiger partial charge on any atom is 0.410 e. The maximum atomic E-state index is 14.7. The van der Waals surface area contributed by atoms with Crippen molar-refractivity contribution in [1.82, 2.24) is 4.90 Å². The number of amides is 2. The molecule has 2 amide bonds. The Hall–Kier alpha value is -2.68. The molecule has 1 N–H and O–H groups in total. The molecule has 0 radical (unpaired) electrons. The molecule has 0 bridgehead atoms. The van der Waals surface area contributed by atoms with Crippen molar-refractivity contribution in [1.29, 1.82) is 0 Å². The van der Waals surface area contributed by atoms with Gasteiger partial charge in [-0.15, -0.1) is 0 Å². The molecule has 1 heterocycles. The lowest BCUT2D eigenvalue weighted by atomic mass is 10.1. The van der Waals surface area contributed by atoms with Crippen molar-refractivity contribution in [2.75, 3.05) is 36.4 Å². The van der Waals surface area contributed by atoms with E-state index < -0.39 is 23.1 Å². The first-order valence-corrected chi connectivity index (χ1v) is 10.6. The molecule has 0 aliphatic carbocycles. The smallest absolute Gasteiger partial charge is 0.410 e. The minimum Gasteiger partial charge on any atom is -0.444 e. The van der Waals surface area contributed by atoms with Crippen molar-refractivity contribution in [2.24, 2.45) is 0 Å². The lowest BCUT2D eigenvalue weighted by Crippen LogP contribution is -2.50. The number of carbonyl (C=O) groups is 2. The summed E-state index contributed by atoms with van der Waals surface area (Å²) in [5.74, 6) is -1.59. The molecule has 0 spiro atoms. The van der Waals surface area contributed by atoms with Gasteiger partial charge in [-0.1, -0.05) is 0 Å². The molecule has 0 saturated carbocycles. The van der Waals surface area contributed by atoms with Crippen molar-refractivity contribution >= 4 is 39.3 Å². The van der Waals surface area contributed by atoms with Crippen LogP contribution < -0.4 is 10.2 Å². The number of nitrogens with one attached hydrogen (secondary N) is 1. The zero-order valence-corrected chi connectivity index (χ0v) is 19.1. The summed E-state index contributed by atoms with van der Waals surface area (Å²) in [5.41, 5.74) is 0.180. The molecule has 31 heavy (non-hydrogen) atoms. The lowest BCUT2D eigenvalue weighted by Gasteiger charge is -2.36. The molecule has 1 aliphatic heterocycles. The van der Waals surface area contributed by atoms with Crippen LogP contribution in [0.2, 0.25) is 0 Å². The Kier molecular flexibility index (Phi) is 6.83. The average Bonchev–Trinajstić information content (AvgIpc) is 2.69. The second kappa shape index (κ2) is 9.21. The van der Waals surface area contributed by atoms with Crippen LogP contribution in [-0.2, 0) is 4.74 Å². The standard InChI is InChI=1S/C22H24BrF2N3O3/c1-22(2,3)31-21(30)28-10-8-27(9-11-28)19-7-4-14(12-18(19)25)20(29)26-15-5-6-16(23)17(24)13-15/h4-7,12-13H,8-11H2,1-3H3,(H,26,29). The highest BCUT2D eigenvalue weighted by molar-refractivity contribution is 9.10. The van der Waals surface area contributed by atoms with Gasteiger partial charge in [-0.25, -0.2) is 13.6 Å². The number of hydrogen-bond acceptors (Lipinski definition) is 4. The van der Waals surface area contributed by atoms with Crippen LogP contribution in [-0.4, -0.2) is 48.7 Å². The average molecular weight is 496 g/mol. The normalized spacial score (nSPS) is 14.4. The Morgan fingerprint density at radius 2 is 1.68 bits per heavy atom. The van der Waals surface area contributed by atoms with E-state index in [0.29, 0.717) is 31.9 Å². The number of halogens is 3. The van der Waals surface area contributed by atoms with Crippen LogP contribution in [0.25, 0.3) is 0 Å². The predicted molar refractivity (Wildman–Crippen MR) is 118 cm³/mol. The van der Waals surface area contributed by atoms with Crippen LogP contribution >= 0.6 is 15.9 Å². The van der Waals surface area contributed by atoms with Crippen LogP contribution in [0.3, 0.4) is 0 Å². The highest BCUT2D eigenvalue weighted by Gasteiger charge is 2.27. The molecule has 2 aromatic rings. The summed E-state index contributed by atoms with van der Waals surface area (Å²) in [5, 5.41) is 2.55.